The molecule has 3 rings (SSSR count). The summed E-state index contributed by atoms with van der Waals surface area (Å²) < 4.78 is 2.87. The van der Waals surface area contributed by atoms with Gasteiger partial charge in [0.25, 0.3) is 0 Å². The third kappa shape index (κ3) is 1.97. The topological polar surface area (TPSA) is 12.0 Å². The molecular weight excluding hydrogens is 334 g/mol. The van der Waals surface area contributed by atoms with Crippen LogP contribution in [0.1, 0.15) is 18.4 Å². The fourth-order valence-electron chi connectivity index (χ4n) is 2.35. The molecular formula is C12H10BrNS3. The summed E-state index contributed by atoms with van der Waals surface area (Å²) in [5.41, 5.74) is 1.02. The summed E-state index contributed by atoms with van der Waals surface area (Å²) in [4.78, 5) is 0. The molecule has 1 aromatic rings. The zero-order chi connectivity index (χ0) is 12.0. The van der Waals surface area contributed by atoms with E-state index in [1.807, 2.05) is 6.07 Å². The van der Waals surface area contributed by atoms with E-state index in [1.165, 1.54) is 30.2 Å². The van der Waals surface area contributed by atoms with Crippen LogP contribution < -0.4 is 5.32 Å². The fourth-order valence-corrected chi connectivity index (χ4v) is 4.78. The van der Waals surface area contributed by atoms with E-state index in [2.05, 4.69) is 39.4 Å². The minimum atomic E-state index is -0.207. The van der Waals surface area contributed by atoms with Crippen LogP contribution in [0.2, 0.25) is 0 Å². The second-order valence-electron chi connectivity index (χ2n) is 4.39. The van der Waals surface area contributed by atoms with Gasteiger partial charge in [-0.15, -0.1) is 0 Å². The first-order valence-corrected chi connectivity index (χ1v) is 7.86. The molecule has 1 aromatic carbocycles. The summed E-state index contributed by atoms with van der Waals surface area (Å²) in [7, 11) is 0. The Morgan fingerprint density at radius 3 is 2.65 bits per heavy atom. The van der Waals surface area contributed by atoms with E-state index >= 15 is 0 Å². The lowest BCUT2D eigenvalue weighted by atomic mass is 9.87. The highest BCUT2D eigenvalue weighted by molar-refractivity contribution is 9.10. The number of hydrogen-bond acceptors (Lipinski definition) is 3. The molecule has 88 valence electrons. The van der Waals surface area contributed by atoms with Gasteiger partial charge in [-0.3, -0.25) is 0 Å². The number of hydrogen-bond donors (Lipinski definition) is 1. The van der Waals surface area contributed by atoms with Crippen LogP contribution in [-0.2, 0) is 5.54 Å². The summed E-state index contributed by atoms with van der Waals surface area (Å²) in [6.45, 7) is 0. The molecule has 1 saturated heterocycles. The molecule has 2 aliphatic rings. The maximum atomic E-state index is 5.57. The standard InChI is InChI=1S/C12H10BrNS3/c13-9-3-1-2-8(6-9)12(7-4-5-7)10(15)17-11(16)14-12/h1-3,6-7H,4-5H2,(H,14,16). The number of thiocarbonyl (C=S) groups is 2. The van der Waals surface area contributed by atoms with Crippen LogP contribution in [0, 0.1) is 5.92 Å². The van der Waals surface area contributed by atoms with E-state index in [9.17, 15) is 0 Å². The van der Waals surface area contributed by atoms with E-state index in [1.54, 1.807) is 0 Å². The van der Waals surface area contributed by atoms with Gasteiger partial charge in [-0.25, -0.2) is 0 Å². The van der Waals surface area contributed by atoms with Gasteiger partial charge in [-0.05, 0) is 36.5 Å². The van der Waals surface area contributed by atoms with Gasteiger partial charge in [0.05, 0.1) is 4.20 Å². The minimum absolute atomic E-state index is 0.207. The first kappa shape index (κ1) is 12.1. The van der Waals surface area contributed by atoms with E-state index in [0.29, 0.717) is 5.92 Å². The molecule has 2 fully saturated rings. The molecule has 1 heterocycles. The molecule has 1 unspecified atom stereocenters. The highest BCUT2D eigenvalue weighted by Gasteiger charge is 2.53. The van der Waals surface area contributed by atoms with Gasteiger partial charge in [0, 0.05) is 4.47 Å². The van der Waals surface area contributed by atoms with Crippen molar-refractivity contribution in [3.63, 3.8) is 0 Å². The maximum absolute atomic E-state index is 5.57. The molecule has 1 aliphatic heterocycles. The van der Waals surface area contributed by atoms with Crippen LogP contribution in [0.5, 0.6) is 0 Å². The van der Waals surface area contributed by atoms with Gasteiger partial charge in [-0.2, -0.15) is 0 Å². The van der Waals surface area contributed by atoms with Gasteiger partial charge in [-0.1, -0.05) is 64.3 Å². The molecule has 1 nitrogen and oxygen atoms in total. The van der Waals surface area contributed by atoms with Crippen molar-refractivity contribution in [1.82, 2.24) is 5.32 Å². The summed E-state index contributed by atoms with van der Waals surface area (Å²) in [6.07, 6.45) is 2.45. The van der Waals surface area contributed by atoms with Crippen LogP contribution in [0.25, 0.3) is 0 Å². The predicted octanol–water partition coefficient (Wildman–Crippen LogP) is 4.00. The zero-order valence-corrected chi connectivity index (χ0v) is 12.9. The molecule has 0 radical (unpaired) electrons. The lowest BCUT2D eigenvalue weighted by molar-refractivity contribution is 0.488. The van der Waals surface area contributed by atoms with Crippen molar-refractivity contribution in [2.24, 2.45) is 5.92 Å². The Bertz CT molecular complexity index is 512. The maximum Gasteiger partial charge on any atom is 0.140 e. The Labute approximate surface area is 124 Å². The average molecular weight is 344 g/mol. The lowest BCUT2D eigenvalue weighted by Gasteiger charge is -2.30. The SMILES string of the molecule is S=C1NC(c2cccc(Br)c2)(C2CC2)C(=S)S1. The molecule has 0 bridgehead atoms. The number of halogens is 1. The smallest absolute Gasteiger partial charge is 0.140 e. The lowest BCUT2D eigenvalue weighted by Crippen LogP contribution is -2.44. The van der Waals surface area contributed by atoms with Gasteiger partial charge in [0.15, 0.2) is 0 Å². The van der Waals surface area contributed by atoms with Gasteiger partial charge in [0.2, 0.25) is 0 Å². The largest absolute Gasteiger partial charge is 0.356 e. The number of thioether (sulfide) groups is 1. The Morgan fingerprint density at radius 2 is 2.12 bits per heavy atom. The van der Waals surface area contributed by atoms with E-state index in [-0.39, 0.29) is 5.54 Å². The number of nitrogens with one attached hydrogen (secondary N) is 1. The fraction of sp³-hybridized carbons (Fsp3) is 0.333. The quantitative estimate of drug-likeness (QED) is 0.814. The summed E-state index contributed by atoms with van der Waals surface area (Å²) in [6, 6.07) is 8.37. The highest BCUT2D eigenvalue weighted by atomic mass is 79.9. The van der Waals surface area contributed by atoms with Crippen molar-refractivity contribution in [2.45, 2.75) is 18.4 Å². The molecule has 1 saturated carbocycles. The van der Waals surface area contributed by atoms with Crippen LogP contribution in [0.4, 0.5) is 0 Å². The Kier molecular flexibility index (Phi) is 3.05. The van der Waals surface area contributed by atoms with Crippen LogP contribution in [0.15, 0.2) is 28.7 Å². The van der Waals surface area contributed by atoms with Crippen LogP contribution in [0.3, 0.4) is 0 Å². The van der Waals surface area contributed by atoms with Crippen LogP contribution in [-0.4, -0.2) is 8.52 Å². The first-order valence-electron chi connectivity index (χ1n) is 5.43. The van der Waals surface area contributed by atoms with Crippen molar-refractivity contribution in [2.75, 3.05) is 0 Å². The van der Waals surface area contributed by atoms with Crippen LogP contribution >= 0.6 is 52.1 Å². The Morgan fingerprint density at radius 1 is 1.35 bits per heavy atom. The molecule has 0 amide bonds. The Balaban J connectivity index is 2.12. The van der Waals surface area contributed by atoms with Gasteiger partial charge >= 0.3 is 0 Å². The average Bonchev–Trinajstić information content (AvgIpc) is 3.06. The van der Waals surface area contributed by atoms with Crippen molar-refractivity contribution < 1.29 is 0 Å². The Hall–Kier alpha value is 0.0300. The van der Waals surface area contributed by atoms with E-state index < -0.39 is 0 Å². The number of benzene rings is 1. The predicted molar refractivity (Wildman–Crippen MR) is 84.5 cm³/mol. The summed E-state index contributed by atoms with van der Waals surface area (Å²) >= 11 is 15.9. The van der Waals surface area contributed by atoms with Gasteiger partial charge in [0.1, 0.15) is 9.86 Å². The van der Waals surface area contributed by atoms with E-state index in [0.717, 1.165) is 13.0 Å². The zero-order valence-electron chi connectivity index (χ0n) is 8.90. The van der Waals surface area contributed by atoms with Crippen molar-refractivity contribution in [3.05, 3.63) is 34.3 Å². The second-order valence-corrected chi connectivity index (χ2v) is 7.66. The van der Waals surface area contributed by atoms with Crippen molar-refractivity contribution in [3.8, 4) is 0 Å². The number of rotatable bonds is 2. The second kappa shape index (κ2) is 4.30. The molecule has 0 aromatic heterocycles. The third-order valence-electron chi connectivity index (χ3n) is 3.28. The molecule has 1 N–H and O–H groups in total. The summed E-state index contributed by atoms with van der Waals surface area (Å²) in [5.74, 6) is 0.595. The normalized spacial score (nSPS) is 28.3. The minimum Gasteiger partial charge on any atom is -0.356 e. The van der Waals surface area contributed by atoms with E-state index in [4.69, 9.17) is 24.4 Å². The van der Waals surface area contributed by atoms with Crippen molar-refractivity contribution >= 4 is 60.6 Å². The highest BCUT2D eigenvalue weighted by Crippen LogP contribution is 2.52. The third-order valence-corrected chi connectivity index (χ3v) is 5.49. The van der Waals surface area contributed by atoms with Crippen molar-refractivity contribution in [1.29, 1.82) is 0 Å². The molecule has 1 atom stereocenters. The monoisotopic (exact) mass is 343 g/mol. The van der Waals surface area contributed by atoms with Gasteiger partial charge < -0.3 is 5.32 Å². The molecule has 5 heteroatoms. The molecule has 0 spiro atoms. The summed E-state index contributed by atoms with van der Waals surface area (Å²) in [5, 5.41) is 3.45. The first-order chi connectivity index (χ1) is 8.13. The molecule has 1 aliphatic carbocycles. The molecule has 17 heavy (non-hydrogen) atoms.